The maximum atomic E-state index is 13.0. The number of carbonyl (C=O) groups is 1. The van der Waals surface area contributed by atoms with E-state index in [0.717, 1.165) is 54.8 Å². The standard InChI is InChI=1S/C29H29F3N2O3S/c1-2-38(36,37)25-11-4-20(5-12-25)17-33-27(35)21-6-13-26-22(16-21)18-34(19-28(26)14-3-15-28)24-9-7-23(8-10-24)29(30,31)32/h4-13,16H,2-3,14-15,17-19H2,1H3,(H,33,35). The minimum atomic E-state index is -4.38. The number of anilines is 1. The highest BCUT2D eigenvalue weighted by Gasteiger charge is 2.44. The highest BCUT2D eigenvalue weighted by atomic mass is 32.2. The van der Waals surface area contributed by atoms with E-state index in [2.05, 4.69) is 10.2 Å². The summed E-state index contributed by atoms with van der Waals surface area (Å²) in [4.78, 5) is 15.3. The molecule has 0 atom stereocenters. The van der Waals surface area contributed by atoms with E-state index >= 15 is 0 Å². The van der Waals surface area contributed by atoms with E-state index in [1.54, 1.807) is 31.2 Å². The average Bonchev–Trinajstić information content (AvgIpc) is 2.89. The lowest BCUT2D eigenvalue weighted by Gasteiger charge is -2.50. The molecule has 1 amide bonds. The molecule has 3 aromatic rings. The van der Waals surface area contributed by atoms with Crippen molar-refractivity contribution in [1.82, 2.24) is 5.32 Å². The van der Waals surface area contributed by atoms with Crippen molar-refractivity contribution in [3.8, 4) is 0 Å². The number of nitrogens with zero attached hydrogens (tertiary/aromatic N) is 1. The zero-order chi connectivity index (χ0) is 27.1. The van der Waals surface area contributed by atoms with Gasteiger partial charge in [-0.3, -0.25) is 4.79 Å². The molecule has 9 heteroatoms. The molecule has 0 radical (unpaired) electrons. The molecule has 3 aromatic carbocycles. The number of carbonyl (C=O) groups excluding carboxylic acids is 1. The Balaban J connectivity index is 1.32. The van der Waals surface area contributed by atoms with Crippen molar-refractivity contribution in [3.05, 3.63) is 94.5 Å². The van der Waals surface area contributed by atoms with Gasteiger partial charge in [0.1, 0.15) is 0 Å². The van der Waals surface area contributed by atoms with Gasteiger partial charge in [-0.15, -0.1) is 0 Å². The Morgan fingerprint density at radius 1 is 1.00 bits per heavy atom. The highest BCUT2D eigenvalue weighted by Crippen LogP contribution is 2.49. The number of halogens is 3. The number of hydrogen-bond acceptors (Lipinski definition) is 4. The van der Waals surface area contributed by atoms with Crippen LogP contribution < -0.4 is 10.2 Å². The van der Waals surface area contributed by atoms with Crippen LogP contribution in [0.25, 0.3) is 0 Å². The average molecular weight is 543 g/mol. The normalized spacial score (nSPS) is 16.6. The van der Waals surface area contributed by atoms with Crippen molar-refractivity contribution in [3.63, 3.8) is 0 Å². The minimum absolute atomic E-state index is 0.0268. The van der Waals surface area contributed by atoms with Gasteiger partial charge in [0.2, 0.25) is 0 Å². The Bertz CT molecular complexity index is 1450. The van der Waals surface area contributed by atoms with Crippen LogP contribution in [0, 0.1) is 0 Å². The molecule has 0 aromatic heterocycles. The summed E-state index contributed by atoms with van der Waals surface area (Å²) in [5, 5.41) is 2.90. The quantitative estimate of drug-likeness (QED) is 0.423. The molecule has 0 bridgehead atoms. The summed E-state index contributed by atoms with van der Waals surface area (Å²) in [6.07, 6.45) is -1.26. The molecule has 1 aliphatic carbocycles. The smallest absolute Gasteiger partial charge is 0.366 e. The molecule has 0 unspecified atom stereocenters. The van der Waals surface area contributed by atoms with Crippen LogP contribution in [0.15, 0.2) is 71.6 Å². The molecule has 0 saturated heterocycles. The predicted molar refractivity (Wildman–Crippen MR) is 140 cm³/mol. The fourth-order valence-electron chi connectivity index (χ4n) is 5.44. The lowest BCUT2D eigenvalue weighted by molar-refractivity contribution is -0.137. The minimum Gasteiger partial charge on any atom is -0.366 e. The first-order chi connectivity index (χ1) is 18.0. The molecular formula is C29H29F3N2O3S. The Morgan fingerprint density at radius 2 is 1.68 bits per heavy atom. The first kappa shape index (κ1) is 26.3. The van der Waals surface area contributed by atoms with Gasteiger partial charge in [0.05, 0.1) is 16.2 Å². The lowest BCUT2D eigenvalue weighted by Crippen LogP contribution is -2.50. The molecule has 1 heterocycles. The summed E-state index contributed by atoms with van der Waals surface area (Å²) in [6.45, 7) is 3.10. The van der Waals surface area contributed by atoms with Crippen LogP contribution in [0.2, 0.25) is 0 Å². The maximum absolute atomic E-state index is 13.0. The summed E-state index contributed by atoms with van der Waals surface area (Å²) < 4.78 is 63.1. The van der Waals surface area contributed by atoms with E-state index in [9.17, 15) is 26.4 Å². The number of alkyl halides is 3. The van der Waals surface area contributed by atoms with Crippen LogP contribution in [0.1, 0.15) is 58.8 Å². The van der Waals surface area contributed by atoms with Crippen molar-refractivity contribution < 1.29 is 26.4 Å². The third kappa shape index (κ3) is 5.04. The number of rotatable bonds is 6. The van der Waals surface area contributed by atoms with Gasteiger partial charge in [0, 0.05) is 36.3 Å². The lowest BCUT2D eigenvalue weighted by atomic mass is 9.61. The van der Waals surface area contributed by atoms with E-state index in [1.165, 1.54) is 17.7 Å². The Kier molecular flexibility index (Phi) is 6.75. The van der Waals surface area contributed by atoms with E-state index in [-0.39, 0.29) is 28.5 Å². The van der Waals surface area contributed by atoms with Gasteiger partial charge in [-0.05, 0) is 78.1 Å². The maximum Gasteiger partial charge on any atom is 0.416 e. The number of hydrogen-bond donors (Lipinski definition) is 1. The molecule has 5 nitrogen and oxygen atoms in total. The van der Waals surface area contributed by atoms with Crippen LogP contribution in [-0.4, -0.2) is 26.6 Å². The van der Waals surface area contributed by atoms with Gasteiger partial charge < -0.3 is 10.2 Å². The number of sulfone groups is 1. The second-order valence-corrected chi connectivity index (χ2v) is 12.4. The molecule has 5 rings (SSSR count). The first-order valence-corrected chi connectivity index (χ1v) is 14.3. The second-order valence-electron chi connectivity index (χ2n) is 10.1. The van der Waals surface area contributed by atoms with Crippen LogP contribution in [0.3, 0.4) is 0 Å². The highest BCUT2D eigenvalue weighted by molar-refractivity contribution is 7.91. The van der Waals surface area contributed by atoms with Gasteiger partial charge >= 0.3 is 6.18 Å². The number of amides is 1. The summed E-state index contributed by atoms with van der Waals surface area (Å²) in [6, 6.07) is 17.5. The van der Waals surface area contributed by atoms with Gasteiger partial charge in [0.25, 0.3) is 5.91 Å². The van der Waals surface area contributed by atoms with E-state index < -0.39 is 21.6 Å². The number of benzene rings is 3. The third-order valence-corrected chi connectivity index (χ3v) is 9.53. The van der Waals surface area contributed by atoms with Gasteiger partial charge in [-0.25, -0.2) is 8.42 Å². The molecule has 1 fully saturated rings. The van der Waals surface area contributed by atoms with Crippen molar-refractivity contribution in [1.29, 1.82) is 0 Å². The fourth-order valence-corrected chi connectivity index (χ4v) is 6.32. The summed E-state index contributed by atoms with van der Waals surface area (Å²) in [5.74, 6) is -0.216. The molecule has 1 saturated carbocycles. The molecular weight excluding hydrogens is 513 g/mol. The number of nitrogens with one attached hydrogen (secondary N) is 1. The molecule has 200 valence electrons. The second kappa shape index (κ2) is 9.76. The van der Waals surface area contributed by atoms with Crippen molar-refractivity contribution in [2.45, 2.75) is 55.8 Å². The van der Waals surface area contributed by atoms with Crippen LogP contribution in [-0.2, 0) is 34.5 Å². The van der Waals surface area contributed by atoms with Gasteiger partial charge in [-0.1, -0.05) is 31.5 Å². The van der Waals surface area contributed by atoms with Crippen LogP contribution in [0.4, 0.5) is 18.9 Å². The first-order valence-electron chi connectivity index (χ1n) is 12.7. The van der Waals surface area contributed by atoms with Crippen LogP contribution in [0.5, 0.6) is 0 Å². The van der Waals surface area contributed by atoms with E-state index in [4.69, 9.17) is 0 Å². The molecule has 1 aliphatic heterocycles. The topological polar surface area (TPSA) is 66.5 Å². The van der Waals surface area contributed by atoms with Gasteiger partial charge in [0.15, 0.2) is 9.84 Å². The molecule has 38 heavy (non-hydrogen) atoms. The van der Waals surface area contributed by atoms with Crippen molar-refractivity contribution >= 4 is 21.4 Å². The molecule has 1 spiro atoms. The van der Waals surface area contributed by atoms with Crippen molar-refractivity contribution in [2.24, 2.45) is 0 Å². The third-order valence-electron chi connectivity index (χ3n) is 7.78. The monoisotopic (exact) mass is 542 g/mol. The van der Waals surface area contributed by atoms with Crippen molar-refractivity contribution in [2.75, 3.05) is 17.2 Å². The SMILES string of the molecule is CCS(=O)(=O)c1ccc(CNC(=O)c2ccc3c(c2)CN(c2ccc(C(F)(F)F)cc2)CC32CCC2)cc1. The summed E-state index contributed by atoms with van der Waals surface area (Å²) in [5.41, 5.74) is 3.54. The number of fused-ring (bicyclic) bond motifs is 2. The Hall–Kier alpha value is -3.33. The van der Waals surface area contributed by atoms with Gasteiger partial charge in [-0.2, -0.15) is 13.2 Å². The fraction of sp³-hybridized carbons (Fsp3) is 0.345. The largest absolute Gasteiger partial charge is 0.416 e. The van der Waals surface area contributed by atoms with E-state index in [1.807, 2.05) is 18.2 Å². The van der Waals surface area contributed by atoms with E-state index in [0.29, 0.717) is 12.1 Å². The zero-order valence-electron chi connectivity index (χ0n) is 21.0. The summed E-state index contributed by atoms with van der Waals surface area (Å²) >= 11 is 0. The Morgan fingerprint density at radius 3 is 2.26 bits per heavy atom. The molecule has 1 N–H and O–H groups in total. The summed E-state index contributed by atoms with van der Waals surface area (Å²) in [7, 11) is -3.28. The molecule has 2 aliphatic rings. The predicted octanol–water partition coefficient (Wildman–Crippen LogP) is 5.87. The Labute approximate surface area is 220 Å². The van der Waals surface area contributed by atoms with Crippen LogP contribution >= 0.6 is 0 Å². The zero-order valence-corrected chi connectivity index (χ0v) is 21.8.